The summed E-state index contributed by atoms with van der Waals surface area (Å²) in [5.74, 6) is 0.981. The van der Waals surface area contributed by atoms with Crippen LogP contribution in [0.4, 0.5) is 0 Å². The number of hydrogen-bond acceptors (Lipinski definition) is 12. The third-order valence-corrected chi connectivity index (χ3v) is 22.7. The molecule has 5 N–H and O–H groups in total. The van der Waals surface area contributed by atoms with E-state index >= 15 is 0 Å². The lowest BCUT2D eigenvalue weighted by Crippen LogP contribution is -2.21. The summed E-state index contributed by atoms with van der Waals surface area (Å²) >= 11 is 16.1. The van der Waals surface area contributed by atoms with Gasteiger partial charge in [-0.2, -0.15) is 20.4 Å². The summed E-state index contributed by atoms with van der Waals surface area (Å²) in [6.45, 7) is 7.63. The highest BCUT2D eigenvalue weighted by Crippen LogP contribution is 2.48. The van der Waals surface area contributed by atoms with Crippen molar-refractivity contribution in [3.05, 3.63) is 241 Å². The Kier molecular flexibility index (Phi) is 24.0. The monoisotopic (exact) mass is 1830 g/mol. The minimum atomic E-state index is -0.353. The van der Waals surface area contributed by atoms with Gasteiger partial charge in [0.1, 0.15) is 22.8 Å². The van der Waals surface area contributed by atoms with E-state index in [2.05, 4.69) is 137 Å². The van der Waals surface area contributed by atoms with E-state index in [4.69, 9.17) is 20.0 Å². The molecule has 0 saturated heterocycles. The Morgan fingerprint density at radius 2 is 0.706 bits per heavy atom. The fraction of sp³-hybridized carbons (Fsp3) is 0.262. The molecule has 4 amide bonds. The standard InChI is InChI=1S/C24H24BrN3O3.C22H22BrN3O2.C20H18BrN3O2.C18H15BrIN3O/c1-4-31-22(29)11-14(2)18-13-21-20(12-19(18)15-5-6-15)23(24(30)26-3)28(27-21)17-9-7-16(25)8-10-17;1-13(9-10-27)17-12-20-19(11-18(17)14-3-4-14)21(22(28)24-2)26(25-20)16-7-5-15(23)6-8-16;1-11(25)15-10-18-17(9-16(15)12-3-4-12)19(20(26)22-2)24(23-18)14-7-5-13(21)6-8-14;1-21-18(24)17-14-8-13(10-2-3-10)15(20)9-16(14)22-23(17)12-6-4-11(19)5-7-12/h7-13,15H,4-6H2,1-3H3,(H,26,30);5-9,11-12,14,27H,3-4,10H2,1-2H3,(H,24,28);5-10,12H,3-4H2,1-2H3,(H,22,26);4-10H,2-3H2,1H3,(H,21,24)/b14-11+;;;. The number of aliphatic hydroxyl groups is 1. The SMILES string of the molecule is CCOC(=O)/C=C(\C)c1cc2nn(-c3ccc(Br)cc3)c(C(=O)NC)c2cc1C1CC1.CNC(=O)c1c2cc(C3CC3)c(C(C)=CCO)cc2nn1-c1ccc(Br)cc1.CNC(=O)c1c2cc(C3CC3)c(C(C)=O)cc2nn1-c1ccc(Br)cc1.CNC(=O)c1c2cc(C3CC3)c(I)cc2nn1-c1ccc(Br)cc1. The third kappa shape index (κ3) is 17.1. The number of fused-ring (bicyclic) bond motifs is 4. The van der Waals surface area contributed by atoms with Crippen LogP contribution in [0.5, 0.6) is 0 Å². The van der Waals surface area contributed by atoms with Crippen LogP contribution in [-0.2, 0) is 9.53 Å². The van der Waals surface area contributed by atoms with Crippen LogP contribution in [0.3, 0.4) is 0 Å². The quantitative estimate of drug-likeness (QED) is 0.0233. The zero-order chi connectivity index (χ0) is 77.2. The molecule has 0 radical (unpaired) electrons. The molecule has 0 atom stereocenters. The molecule has 109 heavy (non-hydrogen) atoms. The third-order valence-electron chi connectivity index (χ3n) is 19.7. The summed E-state index contributed by atoms with van der Waals surface area (Å²) in [4.78, 5) is 74.9. The van der Waals surface area contributed by atoms with Crippen LogP contribution in [0.15, 0.2) is 176 Å². The summed E-state index contributed by atoms with van der Waals surface area (Å²) in [5.41, 5.74) is 17.8. The Morgan fingerprint density at radius 1 is 0.431 bits per heavy atom. The van der Waals surface area contributed by atoms with Crippen LogP contribution in [0.1, 0.15) is 188 Å². The van der Waals surface area contributed by atoms with Gasteiger partial charge in [-0.1, -0.05) is 69.8 Å². The fourth-order valence-corrected chi connectivity index (χ4v) is 15.5. The zero-order valence-electron chi connectivity index (χ0n) is 61.2. The van der Waals surface area contributed by atoms with Gasteiger partial charge in [0.2, 0.25) is 0 Å². The molecular weight excluding hydrogens is 1750 g/mol. The minimum absolute atomic E-state index is 0.00476. The van der Waals surface area contributed by atoms with Gasteiger partial charge in [0.05, 0.1) is 58.0 Å². The topological polar surface area (TPSA) is 251 Å². The zero-order valence-corrected chi connectivity index (χ0v) is 69.7. The fourth-order valence-electron chi connectivity index (χ4n) is 13.6. The molecule has 0 bridgehead atoms. The lowest BCUT2D eigenvalue weighted by molar-refractivity contribution is -0.137. The number of esters is 1. The average Bonchev–Trinajstić information content (AvgIpc) is 1.62. The Morgan fingerprint density at radius 3 is 0.991 bits per heavy atom. The van der Waals surface area contributed by atoms with Gasteiger partial charge in [0.15, 0.2) is 5.78 Å². The van der Waals surface area contributed by atoms with Gasteiger partial charge in [-0.25, -0.2) is 23.5 Å². The van der Waals surface area contributed by atoms with Crippen molar-refractivity contribution in [1.82, 2.24) is 60.4 Å². The van der Waals surface area contributed by atoms with Crippen molar-refractivity contribution in [3.8, 4) is 22.7 Å². The number of benzene rings is 8. The second-order valence-electron chi connectivity index (χ2n) is 27.3. The van der Waals surface area contributed by atoms with Crippen LogP contribution in [0.25, 0.3) is 77.5 Å². The number of Topliss-reactive ketones (excluding diaryl/α,β-unsaturated/α-hetero) is 1. The number of amides is 4. The summed E-state index contributed by atoms with van der Waals surface area (Å²) in [6, 6.07) is 47.1. The molecule has 4 saturated carbocycles. The number of carbonyl (C=O) groups is 6. The highest BCUT2D eigenvalue weighted by atomic mass is 127. The maximum Gasteiger partial charge on any atom is 0.331 e. The van der Waals surface area contributed by atoms with Crippen molar-refractivity contribution in [2.45, 2.75) is 103 Å². The minimum Gasteiger partial charge on any atom is -0.463 e. The van der Waals surface area contributed by atoms with Crippen molar-refractivity contribution in [1.29, 1.82) is 0 Å². The first-order chi connectivity index (χ1) is 52.5. The smallest absolute Gasteiger partial charge is 0.331 e. The van der Waals surface area contributed by atoms with E-state index in [1.165, 1.54) is 33.6 Å². The molecule has 4 heterocycles. The Hall–Kier alpha value is -9.25. The van der Waals surface area contributed by atoms with Gasteiger partial charge in [-0.15, -0.1) is 0 Å². The Labute approximate surface area is 677 Å². The van der Waals surface area contributed by atoms with Crippen LogP contribution < -0.4 is 21.3 Å². The molecule has 4 fully saturated rings. The summed E-state index contributed by atoms with van der Waals surface area (Å²) in [5, 5.41) is 42.5. The molecule has 558 valence electrons. The van der Waals surface area contributed by atoms with Crippen LogP contribution >= 0.6 is 86.3 Å². The number of nitrogens with one attached hydrogen (secondary N) is 4. The summed E-state index contributed by atoms with van der Waals surface area (Å²) in [7, 11) is 6.52. The van der Waals surface area contributed by atoms with Crippen molar-refractivity contribution in [3.63, 3.8) is 0 Å². The van der Waals surface area contributed by atoms with E-state index in [1.54, 1.807) is 60.8 Å². The molecule has 16 rings (SSSR count). The highest BCUT2D eigenvalue weighted by molar-refractivity contribution is 14.1. The Bertz CT molecular complexity index is 5630. The lowest BCUT2D eigenvalue weighted by atomic mass is 9.94. The van der Waals surface area contributed by atoms with E-state index in [0.717, 1.165) is 145 Å². The first-order valence-corrected chi connectivity index (χ1v) is 40.3. The molecule has 0 spiro atoms. The number of halogens is 5. The van der Waals surface area contributed by atoms with Crippen molar-refractivity contribution < 1.29 is 38.6 Å². The number of ketones is 1. The molecule has 4 aromatic heterocycles. The highest BCUT2D eigenvalue weighted by Gasteiger charge is 2.34. The van der Waals surface area contributed by atoms with Crippen LogP contribution in [-0.4, -0.2) is 121 Å². The normalized spacial score (nSPS) is 14.1. The van der Waals surface area contributed by atoms with Gasteiger partial charge in [0, 0.05) is 82.8 Å². The number of carbonyl (C=O) groups excluding carboxylic acids is 6. The Balaban J connectivity index is 0.000000128. The first-order valence-electron chi connectivity index (χ1n) is 36.0. The number of aliphatic hydroxyl groups excluding tert-OH is 1. The molecule has 25 heteroatoms. The van der Waals surface area contributed by atoms with Gasteiger partial charge in [-0.05, 0) is 315 Å². The maximum atomic E-state index is 12.8. The predicted octanol–water partition coefficient (Wildman–Crippen LogP) is 18.3. The predicted molar refractivity (Wildman–Crippen MR) is 450 cm³/mol. The second-order valence-corrected chi connectivity index (χ2v) is 32.2. The number of hydrogen-bond donors (Lipinski definition) is 5. The molecule has 4 aliphatic rings. The second kappa shape index (κ2) is 33.5. The number of rotatable bonds is 18. The molecule has 4 aliphatic carbocycles. The van der Waals surface area contributed by atoms with Crippen molar-refractivity contribution in [2.24, 2.45) is 0 Å². The largest absolute Gasteiger partial charge is 0.463 e. The lowest BCUT2D eigenvalue weighted by Gasteiger charge is -2.10. The summed E-state index contributed by atoms with van der Waals surface area (Å²) < 4.78 is 17.0. The number of nitrogens with zero attached hydrogens (tertiary/aromatic N) is 8. The van der Waals surface area contributed by atoms with Gasteiger partial charge in [0.25, 0.3) is 23.6 Å². The van der Waals surface area contributed by atoms with E-state index in [1.807, 2.05) is 141 Å². The van der Waals surface area contributed by atoms with Crippen LogP contribution in [0.2, 0.25) is 0 Å². The van der Waals surface area contributed by atoms with E-state index in [-0.39, 0.29) is 42.0 Å². The molecule has 8 aromatic carbocycles. The first kappa shape index (κ1) is 77.9. The van der Waals surface area contributed by atoms with E-state index in [0.29, 0.717) is 69.7 Å². The van der Waals surface area contributed by atoms with Crippen LogP contribution in [0, 0.1) is 3.57 Å². The van der Waals surface area contributed by atoms with Crippen molar-refractivity contribution >= 4 is 176 Å². The number of allylic oxidation sites excluding steroid dienone is 2. The molecular formula is C84H79Br4IN12O8. The van der Waals surface area contributed by atoms with Gasteiger partial charge >= 0.3 is 5.97 Å². The average molecular weight is 1830 g/mol. The number of ether oxygens (including phenoxy) is 1. The molecule has 0 unspecified atom stereocenters. The molecule has 20 nitrogen and oxygen atoms in total. The van der Waals surface area contributed by atoms with E-state index in [9.17, 15) is 33.9 Å². The number of aromatic nitrogens is 8. The molecule has 12 aromatic rings. The van der Waals surface area contributed by atoms with Gasteiger partial charge < -0.3 is 31.1 Å². The van der Waals surface area contributed by atoms with E-state index < -0.39 is 0 Å². The summed E-state index contributed by atoms with van der Waals surface area (Å²) in [6.07, 6.45) is 12.5. The van der Waals surface area contributed by atoms with Crippen molar-refractivity contribution in [2.75, 3.05) is 41.4 Å². The molecule has 0 aliphatic heterocycles. The van der Waals surface area contributed by atoms with Gasteiger partial charge in [-0.3, -0.25) is 24.0 Å². The maximum absolute atomic E-state index is 12.8.